The molecule has 1 aromatic carbocycles. The molecule has 0 aliphatic carbocycles. The van der Waals surface area contributed by atoms with Gasteiger partial charge in [-0.25, -0.2) is 4.79 Å². The summed E-state index contributed by atoms with van der Waals surface area (Å²) in [6.07, 6.45) is 0.489. The van der Waals surface area contributed by atoms with E-state index >= 15 is 0 Å². The summed E-state index contributed by atoms with van der Waals surface area (Å²) in [7, 11) is 0. The molecule has 6 heteroatoms. The summed E-state index contributed by atoms with van der Waals surface area (Å²) >= 11 is 5.81. The van der Waals surface area contributed by atoms with Crippen LogP contribution in [0, 0.1) is 0 Å². The molecule has 0 aliphatic rings. The van der Waals surface area contributed by atoms with E-state index in [1.807, 2.05) is 19.1 Å². The van der Waals surface area contributed by atoms with Crippen molar-refractivity contribution in [2.24, 2.45) is 0 Å². The summed E-state index contributed by atoms with van der Waals surface area (Å²) in [6, 6.07) is 7.14. The van der Waals surface area contributed by atoms with Gasteiger partial charge >= 0.3 is 12.0 Å². The molecule has 2 N–H and O–H groups in total. The van der Waals surface area contributed by atoms with Crippen LogP contribution in [0.2, 0.25) is 5.02 Å². The monoisotopic (exact) mass is 298 g/mol. The van der Waals surface area contributed by atoms with E-state index in [0.29, 0.717) is 31.1 Å². The van der Waals surface area contributed by atoms with Crippen molar-refractivity contribution in [3.8, 4) is 0 Å². The topological polar surface area (TPSA) is 69.6 Å². The minimum atomic E-state index is -0.854. The first-order chi connectivity index (χ1) is 9.52. The van der Waals surface area contributed by atoms with Gasteiger partial charge in [0.2, 0.25) is 0 Å². The van der Waals surface area contributed by atoms with Gasteiger partial charge in [-0.1, -0.05) is 23.7 Å². The minimum absolute atomic E-state index is 0.0591. The van der Waals surface area contributed by atoms with E-state index in [1.54, 1.807) is 17.0 Å². The van der Waals surface area contributed by atoms with Gasteiger partial charge in [0.25, 0.3) is 0 Å². The summed E-state index contributed by atoms with van der Waals surface area (Å²) in [6.45, 7) is 3.33. The SMILES string of the molecule is CCN(Cc1ccc(Cl)cc1)C(=O)NCCCC(=O)O. The first-order valence-electron chi connectivity index (χ1n) is 6.52. The van der Waals surface area contributed by atoms with Crippen LogP contribution in [0.15, 0.2) is 24.3 Å². The number of hydrogen-bond donors (Lipinski definition) is 2. The van der Waals surface area contributed by atoms with Gasteiger partial charge in [-0.2, -0.15) is 0 Å². The number of nitrogens with one attached hydrogen (secondary N) is 1. The Balaban J connectivity index is 2.42. The summed E-state index contributed by atoms with van der Waals surface area (Å²) in [4.78, 5) is 24.0. The first kappa shape index (κ1) is 16.3. The van der Waals surface area contributed by atoms with Crippen molar-refractivity contribution < 1.29 is 14.7 Å². The Labute approximate surface area is 123 Å². The Bertz CT molecular complexity index is 448. The molecule has 0 fully saturated rings. The average molecular weight is 299 g/mol. The van der Waals surface area contributed by atoms with Gasteiger partial charge in [-0.05, 0) is 31.0 Å². The predicted molar refractivity (Wildman–Crippen MR) is 77.8 cm³/mol. The third kappa shape index (κ3) is 5.93. The largest absolute Gasteiger partial charge is 0.481 e. The van der Waals surface area contributed by atoms with Gasteiger partial charge in [0, 0.05) is 31.1 Å². The van der Waals surface area contributed by atoms with Crippen molar-refractivity contribution in [1.29, 1.82) is 0 Å². The molecule has 5 nitrogen and oxygen atoms in total. The van der Waals surface area contributed by atoms with E-state index < -0.39 is 5.97 Å². The summed E-state index contributed by atoms with van der Waals surface area (Å²) < 4.78 is 0. The second kappa shape index (κ2) is 8.43. The Morgan fingerprint density at radius 3 is 2.50 bits per heavy atom. The molecule has 20 heavy (non-hydrogen) atoms. The normalized spacial score (nSPS) is 10.1. The molecule has 0 spiro atoms. The van der Waals surface area contributed by atoms with E-state index in [1.165, 1.54) is 0 Å². The lowest BCUT2D eigenvalue weighted by molar-refractivity contribution is -0.137. The zero-order valence-corrected chi connectivity index (χ0v) is 12.2. The number of carboxylic acid groups (broad SMARTS) is 1. The second-order valence-electron chi connectivity index (χ2n) is 4.37. The Morgan fingerprint density at radius 2 is 1.95 bits per heavy atom. The fourth-order valence-corrected chi connectivity index (χ4v) is 1.81. The zero-order chi connectivity index (χ0) is 15.0. The van der Waals surface area contributed by atoms with Gasteiger partial charge in [-0.3, -0.25) is 4.79 Å². The van der Waals surface area contributed by atoms with Crippen molar-refractivity contribution in [2.75, 3.05) is 13.1 Å². The number of aliphatic carboxylic acids is 1. The molecule has 0 heterocycles. The van der Waals surface area contributed by atoms with E-state index in [2.05, 4.69) is 5.32 Å². The number of carbonyl (C=O) groups is 2. The zero-order valence-electron chi connectivity index (χ0n) is 11.4. The van der Waals surface area contributed by atoms with Crippen molar-refractivity contribution in [3.05, 3.63) is 34.9 Å². The van der Waals surface area contributed by atoms with Crippen LogP contribution < -0.4 is 5.32 Å². The molecular weight excluding hydrogens is 280 g/mol. The van der Waals surface area contributed by atoms with Crippen LogP contribution in [-0.2, 0) is 11.3 Å². The van der Waals surface area contributed by atoms with Crippen LogP contribution in [0.4, 0.5) is 4.79 Å². The maximum absolute atomic E-state index is 11.9. The van der Waals surface area contributed by atoms with Crippen molar-refractivity contribution in [3.63, 3.8) is 0 Å². The number of carbonyl (C=O) groups excluding carboxylic acids is 1. The highest BCUT2D eigenvalue weighted by Crippen LogP contribution is 2.11. The van der Waals surface area contributed by atoms with E-state index in [9.17, 15) is 9.59 Å². The van der Waals surface area contributed by atoms with Crippen LogP contribution >= 0.6 is 11.6 Å². The van der Waals surface area contributed by atoms with Gasteiger partial charge < -0.3 is 15.3 Å². The number of rotatable bonds is 7. The highest BCUT2D eigenvalue weighted by atomic mass is 35.5. The molecule has 0 aromatic heterocycles. The highest BCUT2D eigenvalue weighted by Gasteiger charge is 2.11. The average Bonchev–Trinajstić information content (AvgIpc) is 2.42. The van der Waals surface area contributed by atoms with E-state index in [4.69, 9.17) is 16.7 Å². The van der Waals surface area contributed by atoms with Crippen LogP contribution in [0.25, 0.3) is 0 Å². The molecule has 0 saturated carbocycles. The van der Waals surface area contributed by atoms with Gasteiger partial charge in [0.05, 0.1) is 0 Å². The van der Waals surface area contributed by atoms with Crippen molar-refractivity contribution in [1.82, 2.24) is 10.2 Å². The summed E-state index contributed by atoms with van der Waals surface area (Å²) in [5, 5.41) is 11.9. The first-order valence-corrected chi connectivity index (χ1v) is 6.89. The Hall–Kier alpha value is -1.75. The van der Waals surface area contributed by atoms with Crippen LogP contribution in [0.3, 0.4) is 0 Å². The number of nitrogens with zero attached hydrogens (tertiary/aromatic N) is 1. The van der Waals surface area contributed by atoms with Crippen molar-refractivity contribution >= 4 is 23.6 Å². The van der Waals surface area contributed by atoms with Gasteiger partial charge in [0.1, 0.15) is 0 Å². The molecule has 0 unspecified atom stereocenters. The minimum Gasteiger partial charge on any atom is -0.481 e. The van der Waals surface area contributed by atoms with Crippen LogP contribution in [0.5, 0.6) is 0 Å². The van der Waals surface area contributed by atoms with E-state index in [0.717, 1.165) is 5.56 Å². The van der Waals surface area contributed by atoms with Gasteiger partial charge in [-0.15, -0.1) is 0 Å². The standard InChI is InChI=1S/C14H19ClN2O3/c1-2-17(10-11-5-7-12(15)8-6-11)14(20)16-9-3-4-13(18)19/h5-8H,2-4,9-10H2,1H3,(H,16,20)(H,18,19). The third-order valence-electron chi connectivity index (χ3n) is 2.80. The molecule has 0 aliphatic heterocycles. The maximum atomic E-state index is 11.9. The molecular formula is C14H19ClN2O3. The number of halogens is 1. The molecule has 2 amide bonds. The predicted octanol–water partition coefficient (Wildman–Crippen LogP) is 2.74. The lowest BCUT2D eigenvalue weighted by Crippen LogP contribution is -2.39. The molecule has 0 atom stereocenters. The van der Waals surface area contributed by atoms with Crippen LogP contribution in [-0.4, -0.2) is 35.1 Å². The van der Waals surface area contributed by atoms with Crippen molar-refractivity contribution in [2.45, 2.75) is 26.3 Å². The number of carboxylic acids is 1. The quantitative estimate of drug-likeness (QED) is 0.760. The molecule has 0 radical (unpaired) electrons. The molecule has 1 rings (SSSR count). The number of hydrogen-bond acceptors (Lipinski definition) is 2. The van der Waals surface area contributed by atoms with Gasteiger partial charge in [0.15, 0.2) is 0 Å². The fourth-order valence-electron chi connectivity index (χ4n) is 1.68. The molecule has 0 bridgehead atoms. The Morgan fingerprint density at radius 1 is 1.30 bits per heavy atom. The maximum Gasteiger partial charge on any atom is 0.317 e. The third-order valence-corrected chi connectivity index (χ3v) is 3.05. The lowest BCUT2D eigenvalue weighted by Gasteiger charge is -2.21. The molecule has 110 valence electrons. The summed E-state index contributed by atoms with van der Waals surface area (Å²) in [5.41, 5.74) is 0.997. The molecule has 0 saturated heterocycles. The van der Waals surface area contributed by atoms with Crippen LogP contribution in [0.1, 0.15) is 25.3 Å². The number of amides is 2. The number of benzene rings is 1. The molecule has 1 aromatic rings. The summed E-state index contributed by atoms with van der Waals surface area (Å²) in [5.74, 6) is -0.854. The lowest BCUT2D eigenvalue weighted by atomic mass is 10.2. The fraction of sp³-hybridized carbons (Fsp3) is 0.429. The Kier molecular flexibility index (Phi) is 6.87. The second-order valence-corrected chi connectivity index (χ2v) is 4.81. The smallest absolute Gasteiger partial charge is 0.317 e. The number of urea groups is 1. The highest BCUT2D eigenvalue weighted by molar-refractivity contribution is 6.30. The van der Waals surface area contributed by atoms with E-state index in [-0.39, 0.29) is 12.5 Å².